The van der Waals surface area contributed by atoms with Crippen LogP contribution in [0.1, 0.15) is 47.5 Å². The number of morpholine rings is 1. The Morgan fingerprint density at radius 1 is 1.07 bits per heavy atom. The lowest BCUT2D eigenvalue weighted by molar-refractivity contribution is -0.0946. The van der Waals surface area contributed by atoms with Crippen LogP contribution in [0.3, 0.4) is 0 Å². The minimum absolute atomic E-state index is 0.0241. The molecule has 27 heavy (non-hydrogen) atoms. The van der Waals surface area contributed by atoms with Crippen LogP contribution in [-0.4, -0.2) is 88.3 Å². The van der Waals surface area contributed by atoms with Gasteiger partial charge in [0.25, 0.3) is 0 Å². The summed E-state index contributed by atoms with van der Waals surface area (Å²) in [5.41, 5.74) is 0.0241. The Bertz CT molecular complexity index is 408. The van der Waals surface area contributed by atoms with Gasteiger partial charge in [-0.3, -0.25) is 9.89 Å². The molecular weight excluding hydrogens is 344 g/mol. The molecule has 0 amide bonds. The van der Waals surface area contributed by atoms with Crippen LogP contribution in [0.15, 0.2) is 4.99 Å². The molecule has 0 bridgehead atoms. The molecule has 2 unspecified atom stereocenters. The first-order valence-electron chi connectivity index (χ1n) is 10.4. The molecule has 1 heterocycles. The maximum Gasteiger partial charge on any atom is 0.191 e. The zero-order valence-corrected chi connectivity index (χ0v) is 18.3. The van der Waals surface area contributed by atoms with Crippen molar-refractivity contribution in [2.75, 3.05) is 59.7 Å². The van der Waals surface area contributed by atoms with Crippen LogP contribution in [-0.2, 0) is 14.2 Å². The largest absolute Gasteiger partial charge is 0.379 e. The highest BCUT2D eigenvalue weighted by molar-refractivity contribution is 5.79. The van der Waals surface area contributed by atoms with Gasteiger partial charge in [0, 0.05) is 45.4 Å². The molecule has 0 spiro atoms. The zero-order chi connectivity index (χ0) is 20.1. The van der Waals surface area contributed by atoms with Gasteiger partial charge in [-0.05, 0) is 34.1 Å². The fraction of sp³-hybridized carbons (Fsp3) is 0.950. The molecule has 1 fully saturated rings. The molecule has 1 aliphatic rings. The second kappa shape index (κ2) is 13.3. The molecule has 0 aromatic rings. The van der Waals surface area contributed by atoms with Crippen molar-refractivity contribution in [3.8, 4) is 0 Å². The number of nitrogens with zero attached hydrogens (tertiary/aromatic N) is 2. The van der Waals surface area contributed by atoms with Crippen molar-refractivity contribution in [2.24, 2.45) is 4.99 Å². The summed E-state index contributed by atoms with van der Waals surface area (Å²) in [5.74, 6) is 0.806. The number of nitrogens with one attached hydrogen (secondary N) is 2. The van der Waals surface area contributed by atoms with E-state index in [0.717, 1.165) is 51.6 Å². The maximum absolute atomic E-state index is 5.85. The molecular formula is C20H42N4O3. The summed E-state index contributed by atoms with van der Waals surface area (Å²) in [5, 5.41) is 6.74. The van der Waals surface area contributed by atoms with E-state index >= 15 is 0 Å². The summed E-state index contributed by atoms with van der Waals surface area (Å²) >= 11 is 0. The van der Waals surface area contributed by atoms with Crippen molar-refractivity contribution >= 4 is 5.96 Å². The average Bonchev–Trinajstić information content (AvgIpc) is 2.62. The topological polar surface area (TPSA) is 67.4 Å². The van der Waals surface area contributed by atoms with E-state index in [1.807, 2.05) is 0 Å². The first-order valence-corrected chi connectivity index (χ1v) is 10.4. The summed E-state index contributed by atoms with van der Waals surface area (Å²) in [6.07, 6.45) is 2.82. The van der Waals surface area contributed by atoms with E-state index in [0.29, 0.717) is 19.8 Å². The second-order valence-corrected chi connectivity index (χ2v) is 7.91. The Labute approximate surface area is 166 Å². The molecule has 1 aliphatic heterocycles. The van der Waals surface area contributed by atoms with Gasteiger partial charge in [0.05, 0.1) is 32.0 Å². The molecule has 0 aliphatic carbocycles. The molecule has 0 radical (unpaired) electrons. The monoisotopic (exact) mass is 386 g/mol. The van der Waals surface area contributed by atoms with Crippen molar-refractivity contribution < 1.29 is 14.2 Å². The van der Waals surface area contributed by atoms with E-state index in [2.05, 4.69) is 55.1 Å². The van der Waals surface area contributed by atoms with Gasteiger partial charge in [0.2, 0.25) is 0 Å². The van der Waals surface area contributed by atoms with E-state index in [1.165, 1.54) is 0 Å². The minimum atomic E-state index is 0.0241. The third-order valence-corrected chi connectivity index (χ3v) is 4.74. The van der Waals surface area contributed by atoms with Crippen molar-refractivity contribution in [3.63, 3.8) is 0 Å². The van der Waals surface area contributed by atoms with Gasteiger partial charge in [-0.1, -0.05) is 13.3 Å². The Kier molecular flexibility index (Phi) is 11.9. The van der Waals surface area contributed by atoms with Gasteiger partial charge in [-0.2, -0.15) is 0 Å². The fourth-order valence-electron chi connectivity index (χ4n) is 3.11. The number of aliphatic imine (C=N–C) groups is 1. The van der Waals surface area contributed by atoms with Gasteiger partial charge in [-0.15, -0.1) is 0 Å². The van der Waals surface area contributed by atoms with E-state index in [9.17, 15) is 0 Å². The minimum Gasteiger partial charge on any atom is -0.379 e. The van der Waals surface area contributed by atoms with Crippen LogP contribution >= 0.6 is 0 Å². The van der Waals surface area contributed by atoms with Crippen molar-refractivity contribution in [3.05, 3.63) is 0 Å². The maximum atomic E-state index is 5.85. The van der Waals surface area contributed by atoms with Crippen LogP contribution in [0.2, 0.25) is 0 Å². The third kappa shape index (κ3) is 10.3. The fourth-order valence-corrected chi connectivity index (χ4v) is 3.11. The smallest absolute Gasteiger partial charge is 0.191 e. The normalized spacial score (nSPS) is 22.1. The molecule has 7 heteroatoms. The van der Waals surface area contributed by atoms with Crippen molar-refractivity contribution in [1.29, 1.82) is 0 Å². The molecule has 160 valence electrons. The molecule has 0 aromatic heterocycles. The molecule has 2 N–H and O–H groups in total. The summed E-state index contributed by atoms with van der Waals surface area (Å²) in [6.45, 7) is 17.2. The van der Waals surface area contributed by atoms with E-state index in [4.69, 9.17) is 14.2 Å². The highest BCUT2D eigenvalue weighted by Gasteiger charge is 2.33. The molecule has 7 nitrogen and oxygen atoms in total. The predicted octanol–water partition coefficient (Wildman–Crippen LogP) is 1.87. The number of unbranched alkanes of at least 4 members (excludes halogenated alkanes) is 1. The van der Waals surface area contributed by atoms with Crippen LogP contribution in [0.25, 0.3) is 0 Å². The van der Waals surface area contributed by atoms with E-state index in [-0.39, 0.29) is 17.7 Å². The molecule has 1 saturated heterocycles. The van der Waals surface area contributed by atoms with Crippen LogP contribution in [0, 0.1) is 0 Å². The molecule has 1 rings (SSSR count). The lowest BCUT2D eigenvalue weighted by Crippen LogP contribution is -2.59. The number of ether oxygens (including phenoxy) is 3. The summed E-state index contributed by atoms with van der Waals surface area (Å²) in [4.78, 5) is 6.80. The molecule has 2 atom stereocenters. The lowest BCUT2D eigenvalue weighted by atomic mass is 10.00. The summed E-state index contributed by atoms with van der Waals surface area (Å²) in [7, 11) is 1.80. The van der Waals surface area contributed by atoms with Gasteiger partial charge in [0.15, 0.2) is 5.96 Å². The van der Waals surface area contributed by atoms with Gasteiger partial charge < -0.3 is 24.8 Å². The summed E-state index contributed by atoms with van der Waals surface area (Å²) < 4.78 is 16.9. The first-order chi connectivity index (χ1) is 12.9. The lowest BCUT2D eigenvalue weighted by Gasteiger charge is -2.45. The molecule has 0 saturated carbocycles. The van der Waals surface area contributed by atoms with Crippen LogP contribution < -0.4 is 10.6 Å². The second-order valence-electron chi connectivity index (χ2n) is 7.91. The number of guanidine groups is 1. The van der Waals surface area contributed by atoms with E-state index < -0.39 is 0 Å². The SMILES string of the molecule is CCCCOCCOCCNC(=NC)NCC(C)(C)N1CC(C)OC(C)C1. The Morgan fingerprint density at radius 3 is 2.30 bits per heavy atom. The predicted molar refractivity (Wildman–Crippen MR) is 112 cm³/mol. The quantitative estimate of drug-likeness (QED) is 0.303. The van der Waals surface area contributed by atoms with Crippen LogP contribution in [0.4, 0.5) is 0 Å². The van der Waals surface area contributed by atoms with Crippen LogP contribution in [0.5, 0.6) is 0 Å². The highest BCUT2D eigenvalue weighted by atomic mass is 16.5. The van der Waals surface area contributed by atoms with E-state index in [1.54, 1.807) is 7.05 Å². The highest BCUT2D eigenvalue weighted by Crippen LogP contribution is 2.20. The average molecular weight is 387 g/mol. The first kappa shape index (κ1) is 24.1. The van der Waals surface area contributed by atoms with Crippen molar-refractivity contribution in [1.82, 2.24) is 15.5 Å². The number of hydrogen-bond donors (Lipinski definition) is 2. The third-order valence-electron chi connectivity index (χ3n) is 4.74. The number of hydrogen-bond acceptors (Lipinski definition) is 5. The number of rotatable bonds is 12. The van der Waals surface area contributed by atoms with Gasteiger partial charge in [-0.25, -0.2) is 0 Å². The summed E-state index contributed by atoms with van der Waals surface area (Å²) in [6, 6.07) is 0. The Hall–Kier alpha value is -0.890. The molecule has 0 aromatic carbocycles. The zero-order valence-electron chi connectivity index (χ0n) is 18.3. The Balaban J connectivity index is 2.19. The Morgan fingerprint density at radius 2 is 1.70 bits per heavy atom. The van der Waals surface area contributed by atoms with Crippen molar-refractivity contribution in [2.45, 2.75) is 65.2 Å². The standard InChI is InChI=1S/C20H42N4O3/c1-7-8-10-25-12-13-26-11-9-22-19(21-6)23-16-20(4,5)24-14-17(2)27-18(3)15-24/h17-18H,7-16H2,1-6H3,(H2,21,22,23). The van der Waals surface area contributed by atoms with Gasteiger partial charge >= 0.3 is 0 Å². The van der Waals surface area contributed by atoms with Gasteiger partial charge in [0.1, 0.15) is 0 Å².